The molecule has 2 heteroatoms. The monoisotopic (exact) mass is 185 g/mol. The Labute approximate surface area is 84.1 Å². The molecule has 1 unspecified atom stereocenters. The molecule has 0 N–H and O–H groups in total. The van der Waals surface area contributed by atoms with E-state index in [4.69, 9.17) is 16.4 Å². The number of hydrogen-bond acceptors (Lipinski definition) is 2. The Balaban J connectivity index is 3.02. The Morgan fingerprint density at radius 2 is 2.21 bits per heavy atom. The van der Waals surface area contributed by atoms with Crippen LogP contribution in [0.15, 0.2) is 18.2 Å². The third-order valence-electron chi connectivity index (χ3n) is 1.80. The minimum atomic E-state index is -0.316. The fourth-order valence-electron chi connectivity index (χ4n) is 1.04. The average Bonchev–Trinajstić information content (AvgIpc) is 2.18. The molecule has 0 aliphatic carbocycles. The normalized spacial score (nSPS) is 11.1. The molecule has 0 radical (unpaired) electrons. The summed E-state index contributed by atoms with van der Waals surface area (Å²) in [7, 11) is 0. The lowest BCUT2D eigenvalue weighted by Gasteiger charge is -2.10. The SMILES string of the molecule is C#CC(C)Oc1cc(C)ccc1C#N. The summed E-state index contributed by atoms with van der Waals surface area (Å²) in [6.45, 7) is 3.71. The molecule has 0 saturated heterocycles. The van der Waals surface area contributed by atoms with E-state index < -0.39 is 0 Å². The molecule has 70 valence electrons. The Morgan fingerprint density at radius 1 is 1.50 bits per heavy atom. The zero-order valence-electron chi connectivity index (χ0n) is 8.24. The smallest absolute Gasteiger partial charge is 0.156 e. The number of ether oxygens (including phenoxy) is 1. The van der Waals surface area contributed by atoms with E-state index in [1.54, 1.807) is 13.0 Å². The summed E-state index contributed by atoms with van der Waals surface area (Å²) in [4.78, 5) is 0. The highest BCUT2D eigenvalue weighted by molar-refractivity contribution is 5.45. The Kier molecular flexibility index (Phi) is 3.15. The van der Waals surface area contributed by atoms with Gasteiger partial charge in [0.2, 0.25) is 0 Å². The van der Waals surface area contributed by atoms with Crippen molar-refractivity contribution in [2.24, 2.45) is 0 Å². The van der Waals surface area contributed by atoms with E-state index in [1.807, 2.05) is 19.1 Å². The Bertz CT molecular complexity index is 409. The summed E-state index contributed by atoms with van der Waals surface area (Å²) in [6, 6.07) is 7.47. The van der Waals surface area contributed by atoms with Gasteiger partial charge in [-0.25, -0.2) is 0 Å². The molecule has 0 fully saturated rings. The van der Waals surface area contributed by atoms with Gasteiger partial charge in [0.25, 0.3) is 0 Å². The Hall–Kier alpha value is -1.93. The predicted octanol–water partition coefficient (Wildman–Crippen LogP) is 2.27. The fraction of sp³-hybridized carbons (Fsp3) is 0.250. The van der Waals surface area contributed by atoms with Crippen LogP contribution in [-0.2, 0) is 0 Å². The van der Waals surface area contributed by atoms with Crippen LogP contribution in [0.25, 0.3) is 0 Å². The largest absolute Gasteiger partial charge is 0.477 e. The number of terminal acetylenes is 1. The van der Waals surface area contributed by atoms with Gasteiger partial charge >= 0.3 is 0 Å². The molecule has 0 aliphatic rings. The molecular formula is C12H11NO. The highest BCUT2D eigenvalue weighted by atomic mass is 16.5. The minimum Gasteiger partial charge on any atom is -0.477 e. The molecule has 0 heterocycles. The van der Waals surface area contributed by atoms with E-state index in [1.165, 1.54) is 0 Å². The van der Waals surface area contributed by atoms with Gasteiger partial charge < -0.3 is 4.74 Å². The molecule has 1 aromatic carbocycles. The molecule has 14 heavy (non-hydrogen) atoms. The first-order chi connectivity index (χ1) is 6.67. The van der Waals surface area contributed by atoms with Crippen molar-refractivity contribution in [1.29, 1.82) is 5.26 Å². The van der Waals surface area contributed by atoms with Crippen molar-refractivity contribution in [2.45, 2.75) is 20.0 Å². The zero-order valence-corrected chi connectivity index (χ0v) is 8.24. The Morgan fingerprint density at radius 3 is 2.79 bits per heavy atom. The zero-order chi connectivity index (χ0) is 10.6. The lowest BCUT2D eigenvalue weighted by atomic mass is 10.1. The third-order valence-corrected chi connectivity index (χ3v) is 1.80. The van der Waals surface area contributed by atoms with Crippen LogP contribution in [0.1, 0.15) is 18.1 Å². The molecule has 0 spiro atoms. The van der Waals surface area contributed by atoms with Crippen LogP contribution in [0.2, 0.25) is 0 Å². The second-order valence-electron chi connectivity index (χ2n) is 3.04. The van der Waals surface area contributed by atoms with Crippen molar-refractivity contribution in [3.05, 3.63) is 29.3 Å². The molecule has 0 saturated carbocycles. The molecule has 1 aromatic rings. The predicted molar refractivity (Wildman–Crippen MR) is 54.8 cm³/mol. The van der Waals surface area contributed by atoms with Crippen LogP contribution >= 0.6 is 0 Å². The van der Waals surface area contributed by atoms with Crippen molar-refractivity contribution in [1.82, 2.24) is 0 Å². The van der Waals surface area contributed by atoms with Gasteiger partial charge in [0.05, 0.1) is 5.56 Å². The number of benzene rings is 1. The van der Waals surface area contributed by atoms with E-state index in [9.17, 15) is 0 Å². The summed E-state index contributed by atoms with van der Waals surface area (Å²) in [5.74, 6) is 3.01. The molecule has 2 nitrogen and oxygen atoms in total. The maximum absolute atomic E-state index is 8.81. The highest BCUT2D eigenvalue weighted by Gasteiger charge is 2.05. The van der Waals surface area contributed by atoms with Crippen LogP contribution in [0.5, 0.6) is 5.75 Å². The van der Waals surface area contributed by atoms with Crippen LogP contribution in [0, 0.1) is 30.6 Å². The molecule has 0 aliphatic heterocycles. The van der Waals surface area contributed by atoms with E-state index in [2.05, 4.69) is 12.0 Å². The first-order valence-corrected chi connectivity index (χ1v) is 4.31. The van der Waals surface area contributed by atoms with Crippen molar-refractivity contribution >= 4 is 0 Å². The number of hydrogen-bond donors (Lipinski definition) is 0. The fourth-order valence-corrected chi connectivity index (χ4v) is 1.04. The second kappa shape index (κ2) is 4.35. The molecule has 0 amide bonds. The molecule has 0 bridgehead atoms. The van der Waals surface area contributed by atoms with Crippen LogP contribution in [0.4, 0.5) is 0 Å². The topological polar surface area (TPSA) is 33.0 Å². The number of aryl methyl sites for hydroxylation is 1. The van der Waals surface area contributed by atoms with E-state index >= 15 is 0 Å². The lowest BCUT2D eigenvalue weighted by molar-refractivity contribution is 0.278. The number of nitrogens with zero attached hydrogens (tertiary/aromatic N) is 1. The third kappa shape index (κ3) is 2.28. The van der Waals surface area contributed by atoms with Crippen molar-refractivity contribution in [3.63, 3.8) is 0 Å². The minimum absolute atomic E-state index is 0.316. The summed E-state index contributed by atoms with van der Waals surface area (Å²) in [5.41, 5.74) is 1.56. The first kappa shape index (κ1) is 10.2. The second-order valence-corrected chi connectivity index (χ2v) is 3.04. The van der Waals surface area contributed by atoms with Gasteiger partial charge in [0.1, 0.15) is 11.8 Å². The highest BCUT2D eigenvalue weighted by Crippen LogP contribution is 2.20. The quantitative estimate of drug-likeness (QED) is 0.662. The van der Waals surface area contributed by atoms with Gasteiger partial charge in [-0.3, -0.25) is 0 Å². The van der Waals surface area contributed by atoms with Crippen LogP contribution in [-0.4, -0.2) is 6.10 Å². The summed E-state index contributed by atoms with van der Waals surface area (Å²) in [6.07, 6.45) is 4.88. The van der Waals surface area contributed by atoms with Gasteiger partial charge in [0.15, 0.2) is 6.10 Å². The lowest BCUT2D eigenvalue weighted by Crippen LogP contribution is -2.09. The molecule has 1 rings (SSSR count). The van der Waals surface area contributed by atoms with Gasteiger partial charge in [0, 0.05) is 0 Å². The van der Waals surface area contributed by atoms with Gasteiger partial charge in [-0.2, -0.15) is 5.26 Å². The maximum Gasteiger partial charge on any atom is 0.156 e. The van der Waals surface area contributed by atoms with Crippen molar-refractivity contribution < 1.29 is 4.74 Å². The van der Waals surface area contributed by atoms with E-state index in [0.717, 1.165) is 5.56 Å². The van der Waals surface area contributed by atoms with E-state index in [0.29, 0.717) is 11.3 Å². The maximum atomic E-state index is 8.81. The van der Waals surface area contributed by atoms with Crippen molar-refractivity contribution in [3.8, 4) is 24.2 Å². The van der Waals surface area contributed by atoms with Crippen molar-refractivity contribution in [2.75, 3.05) is 0 Å². The van der Waals surface area contributed by atoms with Crippen LogP contribution in [0.3, 0.4) is 0 Å². The number of nitriles is 1. The summed E-state index contributed by atoms with van der Waals surface area (Å²) < 4.78 is 5.41. The molecular weight excluding hydrogens is 174 g/mol. The van der Waals surface area contributed by atoms with Gasteiger partial charge in [-0.1, -0.05) is 12.0 Å². The van der Waals surface area contributed by atoms with Crippen LogP contribution < -0.4 is 4.74 Å². The van der Waals surface area contributed by atoms with E-state index in [-0.39, 0.29) is 6.10 Å². The van der Waals surface area contributed by atoms with Gasteiger partial charge in [-0.05, 0) is 31.5 Å². The molecule has 1 atom stereocenters. The van der Waals surface area contributed by atoms with Gasteiger partial charge in [-0.15, -0.1) is 6.42 Å². The summed E-state index contributed by atoms with van der Waals surface area (Å²) >= 11 is 0. The first-order valence-electron chi connectivity index (χ1n) is 4.31. The molecule has 0 aromatic heterocycles. The average molecular weight is 185 g/mol. The number of rotatable bonds is 2. The standard InChI is InChI=1S/C12H11NO/c1-4-10(3)14-12-7-9(2)5-6-11(12)8-13/h1,5-7,10H,2-3H3. The summed E-state index contributed by atoms with van der Waals surface area (Å²) in [5, 5.41) is 8.81.